The van der Waals surface area contributed by atoms with Crippen molar-refractivity contribution < 1.29 is 13.2 Å². The third-order valence-corrected chi connectivity index (χ3v) is 7.85. The van der Waals surface area contributed by atoms with Crippen LogP contribution in [0.1, 0.15) is 30.1 Å². The van der Waals surface area contributed by atoms with E-state index in [2.05, 4.69) is 53.1 Å². The smallest absolute Gasteiger partial charge is 0.251 e. The fourth-order valence-corrected chi connectivity index (χ4v) is 3.91. The van der Waals surface area contributed by atoms with Crippen molar-refractivity contribution in [2.24, 2.45) is 0 Å². The zero-order chi connectivity index (χ0) is 15.4. The van der Waals surface area contributed by atoms with Gasteiger partial charge in [0.1, 0.15) is 0 Å². The number of amides is 1. The summed E-state index contributed by atoms with van der Waals surface area (Å²) >= 11 is 8.98. The van der Waals surface area contributed by atoms with Crippen LogP contribution in [0.2, 0.25) is 0 Å². The first-order valence-corrected chi connectivity index (χ1v) is 9.76. The highest BCUT2D eigenvalue weighted by Crippen LogP contribution is 2.43. The Morgan fingerprint density at radius 1 is 1.30 bits per heavy atom. The molecule has 0 saturated carbocycles. The summed E-state index contributed by atoms with van der Waals surface area (Å²) in [7, 11) is -3.69. The quantitative estimate of drug-likeness (QED) is 0.503. The van der Waals surface area contributed by atoms with Crippen LogP contribution in [0.4, 0.5) is 0 Å². The van der Waals surface area contributed by atoms with Crippen molar-refractivity contribution in [2.45, 2.75) is 26.1 Å². The van der Waals surface area contributed by atoms with E-state index >= 15 is 0 Å². The number of carbonyl (C=O) groups is 1. The molecule has 0 fully saturated rings. The summed E-state index contributed by atoms with van der Waals surface area (Å²) in [6.07, 6.45) is 1.87. The molecule has 112 valence electrons. The maximum absolute atomic E-state index is 12.2. The highest BCUT2D eigenvalue weighted by Gasteiger charge is 2.37. The standard InChI is InChI=1S/C12H14Br3NO3S/c1-2-3-7-16-11(17)9-5-4-6-10(8-9)20(18,19)12(13,14)15/h4-6,8H,2-3,7H2,1H3,(H,16,17). The number of halogens is 3. The molecular weight excluding hydrogens is 478 g/mol. The molecule has 8 heteroatoms. The van der Waals surface area contributed by atoms with Crippen molar-refractivity contribution in [2.75, 3.05) is 6.54 Å². The fraction of sp³-hybridized carbons (Fsp3) is 0.417. The van der Waals surface area contributed by atoms with Crippen LogP contribution in [-0.2, 0) is 9.84 Å². The lowest BCUT2D eigenvalue weighted by molar-refractivity contribution is 0.0953. The Bertz CT molecular complexity index is 582. The van der Waals surface area contributed by atoms with Crippen molar-refractivity contribution >= 4 is 63.5 Å². The van der Waals surface area contributed by atoms with Crippen LogP contribution in [0.25, 0.3) is 0 Å². The van der Waals surface area contributed by atoms with Crippen LogP contribution >= 0.6 is 47.8 Å². The third-order valence-electron chi connectivity index (χ3n) is 2.53. The summed E-state index contributed by atoms with van der Waals surface area (Å²) in [6.45, 7) is 2.60. The summed E-state index contributed by atoms with van der Waals surface area (Å²) in [5.74, 6) is -0.278. The number of alkyl halides is 3. The highest BCUT2D eigenvalue weighted by atomic mass is 80.0. The SMILES string of the molecule is CCCCNC(=O)c1cccc(S(=O)(=O)C(Br)(Br)Br)c1. The van der Waals surface area contributed by atoms with Crippen LogP contribution < -0.4 is 5.32 Å². The van der Waals surface area contributed by atoms with Gasteiger partial charge in [-0.05, 0) is 72.4 Å². The molecule has 0 aromatic heterocycles. The first kappa shape index (κ1) is 18.1. The molecule has 0 radical (unpaired) electrons. The maximum atomic E-state index is 12.2. The van der Waals surface area contributed by atoms with Gasteiger partial charge in [0, 0.05) is 12.1 Å². The number of sulfone groups is 1. The number of carbonyl (C=O) groups excluding carboxylic acids is 1. The van der Waals surface area contributed by atoms with Gasteiger partial charge in [-0.1, -0.05) is 19.4 Å². The molecule has 0 unspecified atom stereocenters. The van der Waals surface area contributed by atoms with Crippen molar-refractivity contribution in [1.82, 2.24) is 5.32 Å². The Kier molecular flexibility index (Phi) is 6.69. The van der Waals surface area contributed by atoms with E-state index in [4.69, 9.17) is 0 Å². The summed E-state index contributed by atoms with van der Waals surface area (Å²) in [4.78, 5) is 12.0. The van der Waals surface area contributed by atoms with Gasteiger partial charge < -0.3 is 5.32 Å². The molecule has 20 heavy (non-hydrogen) atoms. The van der Waals surface area contributed by atoms with Gasteiger partial charge in [-0.15, -0.1) is 0 Å². The van der Waals surface area contributed by atoms with E-state index in [1.54, 1.807) is 12.1 Å². The summed E-state index contributed by atoms with van der Waals surface area (Å²) < 4.78 is 23.0. The van der Waals surface area contributed by atoms with E-state index in [0.29, 0.717) is 12.1 Å². The van der Waals surface area contributed by atoms with Crippen LogP contribution in [0, 0.1) is 0 Å². The number of hydrogen-bond acceptors (Lipinski definition) is 3. The second kappa shape index (κ2) is 7.38. The van der Waals surface area contributed by atoms with E-state index in [9.17, 15) is 13.2 Å². The molecule has 1 amide bonds. The summed E-state index contributed by atoms with van der Waals surface area (Å²) in [5, 5.41) is 2.75. The fourth-order valence-electron chi connectivity index (χ4n) is 1.42. The minimum atomic E-state index is -3.69. The number of nitrogens with one attached hydrogen (secondary N) is 1. The summed E-state index contributed by atoms with van der Waals surface area (Å²) in [5.41, 5.74) is 0.318. The Hall–Kier alpha value is 0.0800. The second-order valence-corrected chi connectivity index (χ2v) is 14.5. The molecule has 0 atom stereocenters. The monoisotopic (exact) mass is 489 g/mol. The predicted molar refractivity (Wildman–Crippen MR) is 90.4 cm³/mol. The van der Waals surface area contributed by atoms with E-state index in [-0.39, 0.29) is 10.8 Å². The third kappa shape index (κ3) is 4.54. The van der Waals surface area contributed by atoms with Crippen molar-refractivity contribution in [3.63, 3.8) is 0 Å². The van der Waals surface area contributed by atoms with Gasteiger partial charge in [-0.25, -0.2) is 8.42 Å². The van der Waals surface area contributed by atoms with Crippen molar-refractivity contribution in [1.29, 1.82) is 0 Å². The molecule has 0 heterocycles. The molecule has 1 rings (SSSR count). The number of rotatable bonds is 5. The minimum absolute atomic E-state index is 0.0475. The van der Waals surface area contributed by atoms with E-state index in [1.807, 2.05) is 6.92 Å². The zero-order valence-corrected chi connectivity index (χ0v) is 16.3. The molecule has 0 bridgehead atoms. The lowest BCUT2D eigenvalue weighted by Crippen LogP contribution is -2.25. The van der Waals surface area contributed by atoms with Crippen LogP contribution in [0.3, 0.4) is 0 Å². The van der Waals surface area contributed by atoms with Crippen molar-refractivity contribution in [3.05, 3.63) is 29.8 Å². The highest BCUT2D eigenvalue weighted by molar-refractivity contribution is 9.42. The molecule has 0 aliphatic heterocycles. The molecule has 0 spiro atoms. The molecule has 0 aliphatic rings. The number of benzene rings is 1. The van der Waals surface area contributed by atoms with E-state index in [1.165, 1.54) is 12.1 Å². The molecular formula is C12H14Br3NO3S. The van der Waals surface area contributed by atoms with Crippen LogP contribution in [0.5, 0.6) is 0 Å². The largest absolute Gasteiger partial charge is 0.352 e. The minimum Gasteiger partial charge on any atom is -0.352 e. The Balaban J connectivity index is 3.00. The van der Waals surface area contributed by atoms with E-state index in [0.717, 1.165) is 12.8 Å². The average molecular weight is 492 g/mol. The van der Waals surface area contributed by atoms with Crippen LogP contribution in [-0.4, -0.2) is 22.3 Å². The first-order chi connectivity index (χ1) is 9.20. The normalized spacial score (nSPS) is 12.2. The van der Waals surface area contributed by atoms with E-state index < -0.39 is 11.3 Å². The zero-order valence-electron chi connectivity index (χ0n) is 10.7. The van der Waals surface area contributed by atoms with Gasteiger partial charge >= 0.3 is 0 Å². The number of hydrogen-bond donors (Lipinski definition) is 1. The number of unbranched alkanes of at least 4 members (excludes halogenated alkanes) is 1. The lowest BCUT2D eigenvalue weighted by atomic mass is 10.2. The van der Waals surface area contributed by atoms with Gasteiger partial charge in [-0.2, -0.15) is 0 Å². The average Bonchev–Trinajstić information content (AvgIpc) is 2.37. The van der Waals surface area contributed by atoms with Gasteiger partial charge in [0.05, 0.1) is 4.90 Å². The van der Waals surface area contributed by atoms with Gasteiger partial charge in [0.25, 0.3) is 5.91 Å². The molecule has 1 aromatic carbocycles. The van der Waals surface area contributed by atoms with Crippen molar-refractivity contribution in [3.8, 4) is 0 Å². The van der Waals surface area contributed by atoms with Crippen LogP contribution in [0.15, 0.2) is 29.2 Å². The molecule has 0 saturated heterocycles. The topological polar surface area (TPSA) is 63.2 Å². The molecule has 1 N–H and O–H groups in total. The second-order valence-electron chi connectivity index (χ2n) is 4.09. The van der Waals surface area contributed by atoms with Gasteiger partial charge in [0.15, 0.2) is 0 Å². The molecule has 4 nitrogen and oxygen atoms in total. The predicted octanol–water partition coefficient (Wildman–Crippen LogP) is 3.79. The molecule has 0 aliphatic carbocycles. The first-order valence-electron chi connectivity index (χ1n) is 5.89. The van der Waals surface area contributed by atoms with Gasteiger partial charge in [-0.3, -0.25) is 4.79 Å². The Morgan fingerprint density at radius 2 is 1.95 bits per heavy atom. The lowest BCUT2D eigenvalue weighted by Gasteiger charge is -2.14. The Morgan fingerprint density at radius 3 is 2.50 bits per heavy atom. The maximum Gasteiger partial charge on any atom is 0.251 e. The molecule has 1 aromatic rings. The summed E-state index contributed by atoms with van der Waals surface area (Å²) in [6, 6.07) is 5.92. The Labute approximate surface area is 144 Å². The van der Waals surface area contributed by atoms with Gasteiger partial charge in [0.2, 0.25) is 11.3 Å².